The molecular formula is C15H33NO. The van der Waals surface area contributed by atoms with E-state index in [4.69, 9.17) is 4.74 Å². The molecule has 0 amide bonds. The predicted molar refractivity (Wildman–Crippen MR) is 76.5 cm³/mol. The summed E-state index contributed by atoms with van der Waals surface area (Å²) in [6, 6.07) is 0.637. The molecule has 1 atom stereocenters. The highest BCUT2D eigenvalue weighted by Gasteiger charge is 2.03. The molecule has 0 heterocycles. The molecule has 2 heteroatoms. The Morgan fingerprint density at radius 2 is 1.76 bits per heavy atom. The van der Waals surface area contributed by atoms with Crippen LogP contribution in [-0.4, -0.2) is 25.8 Å². The molecule has 0 aliphatic heterocycles. The lowest BCUT2D eigenvalue weighted by Crippen LogP contribution is -2.29. The fourth-order valence-electron chi connectivity index (χ4n) is 1.95. The van der Waals surface area contributed by atoms with Gasteiger partial charge in [-0.05, 0) is 19.3 Å². The van der Waals surface area contributed by atoms with Crippen LogP contribution < -0.4 is 5.32 Å². The van der Waals surface area contributed by atoms with Crippen LogP contribution >= 0.6 is 0 Å². The first-order chi connectivity index (χ1) is 8.24. The van der Waals surface area contributed by atoms with Gasteiger partial charge in [0.05, 0.1) is 6.61 Å². The van der Waals surface area contributed by atoms with Crippen LogP contribution in [0.2, 0.25) is 0 Å². The normalized spacial score (nSPS) is 13.2. The average Bonchev–Trinajstić information content (AvgIpc) is 2.34. The molecule has 0 spiro atoms. The maximum absolute atomic E-state index is 5.69. The Morgan fingerprint density at radius 1 is 1.06 bits per heavy atom. The van der Waals surface area contributed by atoms with Gasteiger partial charge in [-0.25, -0.2) is 0 Å². The molecule has 0 aromatic rings. The number of nitrogens with one attached hydrogen (secondary N) is 1. The Morgan fingerprint density at radius 3 is 2.35 bits per heavy atom. The van der Waals surface area contributed by atoms with Crippen LogP contribution in [0.25, 0.3) is 0 Å². The monoisotopic (exact) mass is 243 g/mol. The van der Waals surface area contributed by atoms with Crippen molar-refractivity contribution in [3.05, 3.63) is 0 Å². The fourth-order valence-corrected chi connectivity index (χ4v) is 1.95. The van der Waals surface area contributed by atoms with Crippen LogP contribution in [0, 0.1) is 5.92 Å². The summed E-state index contributed by atoms with van der Waals surface area (Å²) in [5.74, 6) is 0.747. The zero-order valence-corrected chi connectivity index (χ0v) is 12.4. The van der Waals surface area contributed by atoms with E-state index >= 15 is 0 Å². The van der Waals surface area contributed by atoms with Crippen LogP contribution in [0.15, 0.2) is 0 Å². The molecule has 0 saturated heterocycles. The Balaban J connectivity index is 3.26. The van der Waals surface area contributed by atoms with E-state index in [0.29, 0.717) is 6.04 Å². The molecule has 2 nitrogen and oxygen atoms in total. The van der Waals surface area contributed by atoms with Crippen molar-refractivity contribution >= 4 is 0 Å². The summed E-state index contributed by atoms with van der Waals surface area (Å²) in [7, 11) is 0. The van der Waals surface area contributed by atoms with Gasteiger partial charge in [-0.2, -0.15) is 0 Å². The second-order valence-electron chi connectivity index (χ2n) is 5.11. The summed E-state index contributed by atoms with van der Waals surface area (Å²) >= 11 is 0. The quantitative estimate of drug-likeness (QED) is 0.523. The first-order valence-corrected chi connectivity index (χ1v) is 7.55. The maximum Gasteiger partial charge on any atom is 0.0591 e. The Labute approximate surface area is 109 Å². The van der Waals surface area contributed by atoms with Gasteiger partial charge in [0.15, 0.2) is 0 Å². The van der Waals surface area contributed by atoms with Crippen molar-refractivity contribution in [2.75, 3.05) is 19.8 Å². The zero-order valence-electron chi connectivity index (χ0n) is 12.4. The van der Waals surface area contributed by atoms with Crippen molar-refractivity contribution in [3.63, 3.8) is 0 Å². The number of rotatable bonds is 12. The van der Waals surface area contributed by atoms with Gasteiger partial charge < -0.3 is 10.1 Å². The summed E-state index contributed by atoms with van der Waals surface area (Å²) in [6.45, 7) is 11.8. The lowest BCUT2D eigenvalue weighted by molar-refractivity contribution is 0.0967. The van der Waals surface area contributed by atoms with Gasteiger partial charge in [-0.15, -0.1) is 0 Å². The van der Waals surface area contributed by atoms with Gasteiger partial charge in [0.1, 0.15) is 0 Å². The van der Waals surface area contributed by atoms with E-state index in [1.807, 2.05) is 0 Å². The first kappa shape index (κ1) is 16.9. The summed E-state index contributed by atoms with van der Waals surface area (Å²) in [4.78, 5) is 0. The fraction of sp³-hybridized carbons (Fsp3) is 1.00. The standard InChI is InChI=1S/C15H33NO/c1-5-8-9-10-14(4)16-11-12-17-13-15(6-2)7-3/h14-16H,5-13H2,1-4H3. The van der Waals surface area contributed by atoms with Gasteiger partial charge in [0.25, 0.3) is 0 Å². The van der Waals surface area contributed by atoms with E-state index in [9.17, 15) is 0 Å². The SMILES string of the molecule is CCCCCC(C)NCCOCC(CC)CC. The minimum absolute atomic E-state index is 0.637. The van der Waals surface area contributed by atoms with E-state index < -0.39 is 0 Å². The molecular weight excluding hydrogens is 210 g/mol. The molecule has 0 aliphatic carbocycles. The summed E-state index contributed by atoms with van der Waals surface area (Å²) in [5, 5.41) is 3.53. The largest absolute Gasteiger partial charge is 0.380 e. The van der Waals surface area contributed by atoms with Crippen molar-refractivity contribution in [1.82, 2.24) is 5.32 Å². The number of unbranched alkanes of at least 4 members (excludes halogenated alkanes) is 2. The molecule has 0 bridgehead atoms. The average molecular weight is 243 g/mol. The highest BCUT2D eigenvalue weighted by atomic mass is 16.5. The van der Waals surface area contributed by atoms with Gasteiger partial charge in [0.2, 0.25) is 0 Å². The smallest absolute Gasteiger partial charge is 0.0591 e. The Hall–Kier alpha value is -0.0800. The minimum atomic E-state index is 0.637. The zero-order chi connectivity index (χ0) is 12.9. The van der Waals surface area contributed by atoms with Gasteiger partial charge in [-0.3, -0.25) is 0 Å². The molecule has 0 aliphatic rings. The molecule has 1 unspecified atom stereocenters. The Kier molecular flexibility index (Phi) is 12.3. The molecule has 0 radical (unpaired) electrons. The van der Waals surface area contributed by atoms with Crippen molar-refractivity contribution in [1.29, 1.82) is 0 Å². The molecule has 1 N–H and O–H groups in total. The van der Waals surface area contributed by atoms with Crippen LogP contribution in [0.4, 0.5) is 0 Å². The van der Waals surface area contributed by atoms with Crippen LogP contribution in [0.5, 0.6) is 0 Å². The third-order valence-electron chi connectivity index (χ3n) is 3.49. The van der Waals surface area contributed by atoms with Crippen LogP contribution in [-0.2, 0) is 4.74 Å². The second kappa shape index (κ2) is 12.4. The maximum atomic E-state index is 5.69. The molecule has 0 aromatic carbocycles. The first-order valence-electron chi connectivity index (χ1n) is 7.55. The number of hydrogen-bond donors (Lipinski definition) is 1. The summed E-state index contributed by atoms with van der Waals surface area (Å²) in [6.07, 6.45) is 7.77. The van der Waals surface area contributed by atoms with E-state index in [1.165, 1.54) is 38.5 Å². The van der Waals surface area contributed by atoms with E-state index in [-0.39, 0.29) is 0 Å². The summed E-state index contributed by atoms with van der Waals surface area (Å²) in [5.41, 5.74) is 0. The Bertz CT molecular complexity index is 146. The lowest BCUT2D eigenvalue weighted by Gasteiger charge is -2.15. The van der Waals surface area contributed by atoms with Crippen molar-refractivity contribution in [2.24, 2.45) is 5.92 Å². The summed E-state index contributed by atoms with van der Waals surface area (Å²) < 4.78 is 5.69. The lowest BCUT2D eigenvalue weighted by atomic mass is 10.1. The third kappa shape index (κ3) is 10.8. The van der Waals surface area contributed by atoms with Gasteiger partial charge in [-0.1, -0.05) is 52.9 Å². The highest BCUT2D eigenvalue weighted by molar-refractivity contribution is 4.60. The van der Waals surface area contributed by atoms with Crippen molar-refractivity contribution < 1.29 is 4.74 Å². The third-order valence-corrected chi connectivity index (χ3v) is 3.49. The molecule has 104 valence electrons. The molecule has 17 heavy (non-hydrogen) atoms. The van der Waals surface area contributed by atoms with Crippen molar-refractivity contribution in [2.45, 2.75) is 72.3 Å². The van der Waals surface area contributed by atoms with Crippen LogP contribution in [0.3, 0.4) is 0 Å². The minimum Gasteiger partial charge on any atom is -0.380 e. The molecule has 0 saturated carbocycles. The highest BCUT2D eigenvalue weighted by Crippen LogP contribution is 2.07. The van der Waals surface area contributed by atoms with Crippen molar-refractivity contribution in [3.8, 4) is 0 Å². The molecule has 0 rings (SSSR count). The molecule has 0 fully saturated rings. The molecule has 0 aromatic heterocycles. The van der Waals surface area contributed by atoms with Gasteiger partial charge in [0, 0.05) is 19.2 Å². The number of hydrogen-bond acceptors (Lipinski definition) is 2. The van der Waals surface area contributed by atoms with Crippen LogP contribution in [0.1, 0.15) is 66.2 Å². The van der Waals surface area contributed by atoms with E-state index in [2.05, 4.69) is 33.0 Å². The van der Waals surface area contributed by atoms with Gasteiger partial charge >= 0.3 is 0 Å². The predicted octanol–water partition coefficient (Wildman–Crippen LogP) is 4.00. The van der Waals surface area contributed by atoms with E-state index in [1.54, 1.807) is 0 Å². The number of ether oxygens (including phenoxy) is 1. The van der Waals surface area contributed by atoms with E-state index in [0.717, 1.165) is 25.7 Å². The second-order valence-corrected chi connectivity index (χ2v) is 5.11. The topological polar surface area (TPSA) is 21.3 Å².